The van der Waals surface area contributed by atoms with Gasteiger partial charge in [-0.25, -0.2) is 0 Å². The summed E-state index contributed by atoms with van der Waals surface area (Å²) >= 11 is 0. The molecule has 120 valence electrons. The predicted octanol–water partition coefficient (Wildman–Crippen LogP) is 4.47. The third-order valence-electron chi connectivity index (χ3n) is 5.92. The van der Waals surface area contributed by atoms with Crippen LogP contribution in [0.2, 0.25) is 0 Å². The Balaban J connectivity index is 1.39. The standard InChI is InChI=1S/C19H32O2/c20-18-11-8-15(9-12-18)6-7-16-10-13-19(21-14-16)17-4-2-1-3-5-17/h6-7,15-20H,1-5,8-14H2/b7-6+. The van der Waals surface area contributed by atoms with Crippen molar-refractivity contribution >= 4 is 0 Å². The molecule has 2 saturated carbocycles. The Labute approximate surface area is 130 Å². The second-order valence-corrected chi connectivity index (χ2v) is 7.56. The summed E-state index contributed by atoms with van der Waals surface area (Å²) in [7, 11) is 0. The first-order valence-electron chi connectivity index (χ1n) is 9.29. The van der Waals surface area contributed by atoms with Gasteiger partial charge >= 0.3 is 0 Å². The minimum Gasteiger partial charge on any atom is -0.393 e. The summed E-state index contributed by atoms with van der Waals surface area (Å²) in [6.07, 6.45) is 19.3. The Kier molecular flexibility index (Phi) is 5.76. The normalized spacial score (nSPS) is 39.7. The summed E-state index contributed by atoms with van der Waals surface area (Å²) in [5.74, 6) is 2.18. The van der Waals surface area contributed by atoms with Gasteiger partial charge in [0.2, 0.25) is 0 Å². The monoisotopic (exact) mass is 292 g/mol. The summed E-state index contributed by atoms with van der Waals surface area (Å²) in [6.45, 7) is 0.938. The highest BCUT2D eigenvalue weighted by Gasteiger charge is 2.28. The molecule has 0 aromatic carbocycles. The van der Waals surface area contributed by atoms with Crippen LogP contribution in [0.1, 0.15) is 70.6 Å². The van der Waals surface area contributed by atoms with E-state index in [4.69, 9.17) is 4.74 Å². The molecule has 2 atom stereocenters. The van der Waals surface area contributed by atoms with Crippen molar-refractivity contribution in [3.63, 3.8) is 0 Å². The Bertz CT molecular complexity index is 316. The van der Waals surface area contributed by atoms with Crippen molar-refractivity contribution in [2.75, 3.05) is 6.61 Å². The SMILES string of the molecule is OC1CCC(/C=C/C2CCC(C3CCCCC3)OC2)CC1. The molecule has 1 heterocycles. The fourth-order valence-electron chi connectivity index (χ4n) is 4.43. The molecular weight excluding hydrogens is 260 g/mol. The number of ether oxygens (including phenoxy) is 1. The van der Waals surface area contributed by atoms with Crippen LogP contribution in [0.4, 0.5) is 0 Å². The first kappa shape index (κ1) is 15.6. The number of rotatable bonds is 3. The Morgan fingerprint density at radius 2 is 1.38 bits per heavy atom. The van der Waals surface area contributed by atoms with Crippen LogP contribution < -0.4 is 0 Å². The van der Waals surface area contributed by atoms with E-state index in [1.165, 1.54) is 44.9 Å². The third kappa shape index (κ3) is 4.56. The maximum atomic E-state index is 9.55. The van der Waals surface area contributed by atoms with Gasteiger partial charge in [-0.05, 0) is 63.2 Å². The van der Waals surface area contributed by atoms with Crippen molar-refractivity contribution in [2.24, 2.45) is 17.8 Å². The van der Waals surface area contributed by atoms with Crippen LogP contribution in [0.5, 0.6) is 0 Å². The summed E-state index contributed by atoms with van der Waals surface area (Å²) in [5.41, 5.74) is 0. The first-order chi connectivity index (χ1) is 10.3. The molecule has 0 aromatic rings. The summed E-state index contributed by atoms with van der Waals surface area (Å²) in [5, 5.41) is 9.55. The number of hydrogen-bond donors (Lipinski definition) is 1. The summed E-state index contributed by atoms with van der Waals surface area (Å²) in [4.78, 5) is 0. The molecule has 2 aliphatic carbocycles. The van der Waals surface area contributed by atoms with E-state index in [2.05, 4.69) is 12.2 Å². The van der Waals surface area contributed by atoms with Crippen molar-refractivity contribution in [3.8, 4) is 0 Å². The molecule has 2 unspecified atom stereocenters. The highest BCUT2D eigenvalue weighted by atomic mass is 16.5. The Morgan fingerprint density at radius 3 is 2.05 bits per heavy atom. The largest absolute Gasteiger partial charge is 0.393 e. The quantitative estimate of drug-likeness (QED) is 0.778. The molecule has 1 N–H and O–H groups in total. The average molecular weight is 292 g/mol. The molecule has 2 heteroatoms. The molecule has 0 bridgehead atoms. The second-order valence-electron chi connectivity index (χ2n) is 7.56. The number of hydrogen-bond acceptors (Lipinski definition) is 2. The molecule has 0 aromatic heterocycles. The highest BCUT2D eigenvalue weighted by molar-refractivity contribution is 4.96. The molecule has 3 aliphatic rings. The lowest BCUT2D eigenvalue weighted by Gasteiger charge is -2.35. The smallest absolute Gasteiger partial charge is 0.0603 e. The zero-order chi connectivity index (χ0) is 14.5. The molecule has 0 amide bonds. The molecule has 1 saturated heterocycles. The molecule has 0 radical (unpaired) electrons. The van der Waals surface area contributed by atoms with E-state index in [1.54, 1.807) is 0 Å². The van der Waals surface area contributed by atoms with E-state index in [-0.39, 0.29) is 6.10 Å². The van der Waals surface area contributed by atoms with Crippen LogP contribution in [0.3, 0.4) is 0 Å². The van der Waals surface area contributed by atoms with Gasteiger partial charge in [-0.2, -0.15) is 0 Å². The number of aliphatic hydroxyl groups excluding tert-OH is 1. The Morgan fingerprint density at radius 1 is 0.714 bits per heavy atom. The predicted molar refractivity (Wildman–Crippen MR) is 86.1 cm³/mol. The lowest BCUT2D eigenvalue weighted by atomic mass is 9.81. The zero-order valence-electron chi connectivity index (χ0n) is 13.4. The maximum Gasteiger partial charge on any atom is 0.0603 e. The van der Waals surface area contributed by atoms with Crippen LogP contribution in [0.15, 0.2) is 12.2 Å². The van der Waals surface area contributed by atoms with Gasteiger partial charge in [0.05, 0.1) is 18.8 Å². The van der Waals surface area contributed by atoms with Crippen LogP contribution in [-0.4, -0.2) is 23.9 Å². The first-order valence-corrected chi connectivity index (χ1v) is 9.29. The van der Waals surface area contributed by atoms with Crippen molar-refractivity contribution in [1.29, 1.82) is 0 Å². The summed E-state index contributed by atoms with van der Waals surface area (Å²) < 4.78 is 6.20. The van der Waals surface area contributed by atoms with Crippen molar-refractivity contribution < 1.29 is 9.84 Å². The van der Waals surface area contributed by atoms with Gasteiger partial charge in [-0.1, -0.05) is 31.4 Å². The van der Waals surface area contributed by atoms with Crippen LogP contribution in [-0.2, 0) is 4.74 Å². The number of aliphatic hydroxyl groups is 1. The van der Waals surface area contributed by atoms with Gasteiger partial charge in [-0.3, -0.25) is 0 Å². The van der Waals surface area contributed by atoms with Gasteiger partial charge in [0.1, 0.15) is 0 Å². The van der Waals surface area contributed by atoms with Crippen molar-refractivity contribution in [2.45, 2.75) is 82.8 Å². The van der Waals surface area contributed by atoms with E-state index in [0.29, 0.717) is 17.9 Å². The average Bonchev–Trinajstić information content (AvgIpc) is 2.56. The third-order valence-corrected chi connectivity index (χ3v) is 5.92. The minimum absolute atomic E-state index is 0.0380. The highest BCUT2D eigenvalue weighted by Crippen LogP contribution is 2.34. The Hall–Kier alpha value is -0.340. The lowest BCUT2D eigenvalue weighted by Crippen LogP contribution is -2.32. The molecule has 3 fully saturated rings. The second kappa shape index (κ2) is 7.78. The fraction of sp³-hybridized carbons (Fsp3) is 0.895. The van der Waals surface area contributed by atoms with Crippen molar-refractivity contribution in [1.82, 2.24) is 0 Å². The molecule has 0 spiro atoms. The molecule has 21 heavy (non-hydrogen) atoms. The summed E-state index contributed by atoms with van der Waals surface area (Å²) in [6, 6.07) is 0. The number of allylic oxidation sites excluding steroid dienone is 1. The maximum absolute atomic E-state index is 9.55. The van der Waals surface area contributed by atoms with Gasteiger partial charge in [0, 0.05) is 5.92 Å². The topological polar surface area (TPSA) is 29.5 Å². The van der Waals surface area contributed by atoms with Gasteiger partial charge in [-0.15, -0.1) is 0 Å². The van der Waals surface area contributed by atoms with Crippen LogP contribution in [0.25, 0.3) is 0 Å². The zero-order valence-corrected chi connectivity index (χ0v) is 13.4. The van der Waals surface area contributed by atoms with Crippen LogP contribution >= 0.6 is 0 Å². The van der Waals surface area contributed by atoms with E-state index in [0.717, 1.165) is 38.2 Å². The van der Waals surface area contributed by atoms with E-state index in [9.17, 15) is 5.11 Å². The minimum atomic E-state index is -0.0380. The van der Waals surface area contributed by atoms with E-state index < -0.39 is 0 Å². The molecule has 3 rings (SSSR count). The van der Waals surface area contributed by atoms with Crippen molar-refractivity contribution in [3.05, 3.63) is 12.2 Å². The molecule has 1 aliphatic heterocycles. The van der Waals surface area contributed by atoms with Crippen LogP contribution in [0, 0.1) is 17.8 Å². The van der Waals surface area contributed by atoms with E-state index >= 15 is 0 Å². The van der Waals surface area contributed by atoms with E-state index in [1.807, 2.05) is 0 Å². The molecule has 2 nitrogen and oxygen atoms in total. The molecular formula is C19H32O2. The lowest BCUT2D eigenvalue weighted by molar-refractivity contribution is -0.0459. The van der Waals surface area contributed by atoms with Gasteiger partial charge < -0.3 is 9.84 Å². The fourth-order valence-corrected chi connectivity index (χ4v) is 4.43. The van der Waals surface area contributed by atoms with Gasteiger partial charge in [0.25, 0.3) is 0 Å². The van der Waals surface area contributed by atoms with Gasteiger partial charge in [0.15, 0.2) is 0 Å².